The third kappa shape index (κ3) is 5.61. The molecule has 19 heavy (non-hydrogen) atoms. The minimum atomic E-state index is -0.158. The third-order valence-corrected chi connectivity index (χ3v) is 3.94. The van der Waals surface area contributed by atoms with Crippen molar-refractivity contribution in [3.63, 3.8) is 0 Å². The number of hydrogen-bond donors (Lipinski definition) is 3. The second-order valence-electron chi connectivity index (χ2n) is 5.17. The summed E-state index contributed by atoms with van der Waals surface area (Å²) in [5.41, 5.74) is 1.25. The van der Waals surface area contributed by atoms with Gasteiger partial charge in [-0.3, -0.25) is 0 Å². The van der Waals surface area contributed by atoms with Crippen molar-refractivity contribution in [3.8, 4) is 0 Å². The molecule has 0 aromatic carbocycles. The van der Waals surface area contributed by atoms with E-state index in [4.69, 9.17) is 5.11 Å². The first-order valence-corrected chi connectivity index (χ1v) is 7.66. The lowest BCUT2D eigenvalue weighted by atomic mass is 10.0. The number of nitrogens with one attached hydrogen (secondary N) is 2. The molecule has 2 unspecified atom stereocenters. The van der Waals surface area contributed by atoms with Gasteiger partial charge in [-0.15, -0.1) is 0 Å². The summed E-state index contributed by atoms with van der Waals surface area (Å²) in [6.45, 7) is 6.88. The van der Waals surface area contributed by atoms with E-state index in [0.29, 0.717) is 24.8 Å². The fourth-order valence-corrected chi connectivity index (χ4v) is 2.63. The van der Waals surface area contributed by atoms with Gasteiger partial charge in [-0.25, -0.2) is 4.79 Å². The highest BCUT2D eigenvalue weighted by atomic mass is 32.1. The van der Waals surface area contributed by atoms with Crippen molar-refractivity contribution in [1.82, 2.24) is 10.6 Å². The zero-order valence-corrected chi connectivity index (χ0v) is 12.7. The zero-order chi connectivity index (χ0) is 14.3. The summed E-state index contributed by atoms with van der Waals surface area (Å²) in [6, 6.07) is 1.94. The Bertz CT molecular complexity index is 366. The van der Waals surface area contributed by atoms with Crippen molar-refractivity contribution in [1.29, 1.82) is 0 Å². The Morgan fingerprint density at radius 3 is 2.68 bits per heavy atom. The van der Waals surface area contributed by atoms with E-state index in [9.17, 15) is 4.79 Å². The summed E-state index contributed by atoms with van der Waals surface area (Å²) in [6.07, 6.45) is 0.588. The monoisotopic (exact) mass is 284 g/mol. The molecule has 5 heteroatoms. The molecule has 2 amide bonds. The molecule has 0 spiro atoms. The van der Waals surface area contributed by atoms with Gasteiger partial charge in [-0.1, -0.05) is 20.8 Å². The number of urea groups is 1. The SMILES string of the molecule is CC(CNC(=O)NC(CCO)C(C)C)c1ccsc1. The third-order valence-electron chi connectivity index (χ3n) is 3.24. The minimum Gasteiger partial charge on any atom is -0.396 e. The van der Waals surface area contributed by atoms with Gasteiger partial charge in [0.1, 0.15) is 0 Å². The smallest absolute Gasteiger partial charge is 0.315 e. The molecule has 1 aromatic heterocycles. The number of amides is 2. The Balaban J connectivity index is 2.34. The molecule has 0 aliphatic carbocycles. The maximum Gasteiger partial charge on any atom is 0.315 e. The first-order valence-electron chi connectivity index (χ1n) is 6.72. The van der Waals surface area contributed by atoms with Crippen molar-refractivity contribution in [3.05, 3.63) is 22.4 Å². The van der Waals surface area contributed by atoms with Gasteiger partial charge in [-0.05, 0) is 40.6 Å². The van der Waals surface area contributed by atoms with Gasteiger partial charge < -0.3 is 15.7 Å². The number of thiophene rings is 1. The van der Waals surface area contributed by atoms with E-state index >= 15 is 0 Å². The molecule has 0 fully saturated rings. The topological polar surface area (TPSA) is 61.4 Å². The maximum absolute atomic E-state index is 11.8. The first-order chi connectivity index (χ1) is 9.04. The Labute approximate surface area is 119 Å². The van der Waals surface area contributed by atoms with Crippen LogP contribution in [0.25, 0.3) is 0 Å². The average molecular weight is 284 g/mol. The van der Waals surface area contributed by atoms with Crippen molar-refractivity contribution in [2.45, 2.75) is 39.2 Å². The molecule has 0 saturated carbocycles. The highest BCUT2D eigenvalue weighted by molar-refractivity contribution is 7.07. The van der Waals surface area contributed by atoms with Gasteiger partial charge in [-0.2, -0.15) is 11.3 Å². The van der Waals surface area contributed by atoms with Crippen LogP contribution in [0.5, 0.6) is 0 Å². The summed E-state index contributed by atoms with van der Waals surface area (Å²) in [7, 11) is 0. The van der Waals surface area contributed by atoms with E-state index < -0.39 is 0 Å². The van der Waals surface area contributed by atoms with Crippen LogP contribution in [-0.4, -0.2) is 30.3 Å². The Kier molecular flexibility index (Phi) is 6.87. The number of carbonyl (C=O) groups excluding carboxylic acids is 1. The van der Waals surface area contributed by atoms with Gasteiger partial charge >= 0.3 is 6.03 Å². The largest absolute Gasteiger partial charge is 0.396 e. The summed E-state index contributed by atoms with van der Waals surface area (Å²) in [4.78, 5) is 11.8. The fraction of sp³-hybridized carbons (Fsp3) is 0.643. The van der Waals surface area contributed by atoms with Crippen molar-refractivity contribution in [2.75, 3.05) is 13.2 Å². The standard InChI is InChI=1S/C14H24N2O2S/c1-10(2)13(4-6-17)16-14(18)15-8-11(3)12-5-7-19-9-12/h5,7,9-11,13,17H,4,6,8H2,1-3H3,(H2,15,16,18). The lowest BCUT2D eigenvalue weighted by molar-refractivity contribution is 0.218. The predicted molar refractivity (Wildman–Crippen MR) is 79.6 cm³/mol. The normalized spacial score (nSPS) is 14.2. The van der Waals surface area contributed by atoms with Crippen LogP contribution >= 0.6 is 11.3 Å². The van der Waals surface area contributed by atoms with Crippen LogP contribution in [-0.2, 0) is 0 Å². The molecule has 4 nitrogen and oxygen atoms in total. The van der Waals surface area contributed by atoms with E-state index in [1.807, 2.05) is 19.2 Å². The van der Waals surface area contributed by atoms with E-state index in [1.165, 1.54) is 5.56 Å². The number of aliphatic hydroxyl groups excluding tert-OH is 1. The lowest BCUT2D eigenvalue weighted by Crippen LogP contribution is -2.45. The van der Waals surface area contributed by atoms with Gasteiger partial charge in [0.25, 0.3) is 0 Å². The summed E-state index contributed by atoms with van der Waals surface area (Å²) < 4.78 is 0. The van der Waals surface area contributed by atoms with E-state index in [0.717, 1.165) is 0 Å². The van der Waals surface area contributed by atoms with Crippen LogP contribution in [0.3, 0.4) is 0 Å². The second kappa shape index (κ2) is 8.17. The molecule has 0 aliphatic rings. The lowest BCUT2D eigenvalue weighted by Gasteiger charge is -2.22. The Morgan fingerprint density at radius 1 is 1.42 bits per heavy atom. The van der Waals surface area contributed by atoms with Crippen LogP contribution in [0.4, 0.5) is 4.79 Å². The predicted octanol–water partition coefficient (Wildman–Crippen LogP) is 2.56. The zero-order valence-electron chi connectivity index (χ0n) is 11.8. The molecule has 1 aromatic rings. The average Bonchev–Trinajstić information content (AvgIpc) is 2.89. The molecule has 2 atom stereocenters. The Morgan fingerprint density at radius 2 is 2.16 bits per heavy atom. The van der Waals surface area contributed by atoms with Crippen LogP contribution < -0.4 is 10.6 Å². The number of hydrogen-bond acceptors (Lipinski definition) is 3. The summed E-state index contributed by atoms with van der Waals surface area (Å²) >= 11 is 1.67. The molecular formula is C14H24N2O2S. The van der Waals surface area contributed by atoms with Crippen LogP contribution in [0.1, 0.15) is 38.7 Å². The number of aliphatic hydroxyl groups is 1. The summed E-state index contributed by atoms with van der Waals surface area (Å²) in [5.74, 6) is 0.625. The van der Waals surface area contributed by atoms with E-state index in [-0.39, 0.29) is 18.7 Å². The molecule has 0 radical (unpaired) electrons. The van der Waals surface area contributed by atoms with Crippen molar-refractivity contribution in [2.24, 2.45) is 5.92 Å². The maximum atomic E-state index is 11.8. The molecular weight excluding hydrogens is 260 g/mol. The van der Waals surface area contributed by atoms with Crippen LogP contribution in [0, 0.1) is 5.92 Å². The molecule has 108 valence electrons. The van der Waals surface area contributed by atoms with Crippen LogP contribution in [0.15, 0.2) is 16.8 Å². The minimum absolute atomic E-state index is 0.0152. The molecule has 1 rings (SSSR count). The van der Waals surface area contributed by atoms with E-state index in [2.05, 4.69) is 29.0 Å². The first kappa shape index (κ1) is 16.0. The van der Waals surface area contributed by atoms with Crippen molar-refractivity contribution >= 4 is 17.4 Å². The van der Waals surface area contributed by atoms with Crippen LogP contribution in [0.2, 0.25) is 0 Å². The highest BCUT2D eigenvalue weighted by Crippen LogP contribution is 2.17. The van der Waals surface area contributed by atoms with Gasteiger partial charge in [0.15, 0.2) is 0 Å². The molecule has 0 saturated heterocycles. The molecule has 1 heterocycles. The van der Waals surface area contributed by atoms with E-state index in [1.54, 1.807) is 11.3 Å². The Hall–Kier alpha value is -1.07. The second-order valence-corrected chi connectivity index (χ2v) is 5.95. The quantitative estimate of drug-likeness (QED) is 0.720. The van der Waals surface area contributed by atoms with Gasteiger partial charge in [0.05, 0.1) is 0 Å². The number of rotatable bonds is 7. The molecule has 3 N–H and O–H groups in total. The molecule has 0 aliphatic heterocycles. The van der Waals surface area contributed by atoms with Gasteiger partial charge in [0, 0.05) is 19.2 Å². The number of carbonyl (C=O) groups is 1. The van der Waals surface area contributed by atoms with Crippen molar-refractivity contribution < 1.29 is 9.90 Å². The highest BCUT2D eigenvalue weighted by Gasteiger charge is 2.16. The summed E-state index contributed by atoms with van der Waals surface area (Å²) in [5, 5.41) is 18.9. The fourth-order valence-electron chi connectivity index (χ4n) is 1.85. The molecule has 0 bridgehead atoms. The van der Waals surface area contributed by atoms with Gasteiger partial charge in [0.2, 0.25) is 0 Å².